The highest BCUT2D eigenvalue weighted by molar-refractivity contribution is 7.20. The van der Waals surface area contributed by atoms with Gasteiger partial charge in [-0.25, -0.2) is 0 Å². The van der Waals surface area contributed by atoms with Crippen LogP contribution in [0.4, 0.5) is 5.69 Å². The lowest BCUT2D eigenvalue weighted by atomic mass is 9.98. The molecular formula is C31H44N4O2SSi. The van der Waals surface area contributed by atoms with Crippen molar-refractivity contribution >= 4 is 41.2 Å². The van der Waals surface area contributed by atoms with E-state index in [4.69, 9.17) is 4.74 Å². The Morgan fingerprint density at radius 3 is 2.74 bits per heavy atom. The molecule has 0 spiro atoms. The predicted molar refractivity (Wildman–Crippen MR) is 165 cm³/mol. The topological polar surface area (TPSA) is 41.0 Å². The summed E-state index contributed by atoms with van der Waals surface area (Å²) in [6, 6.07) is 12.6. The van der Waals surface area contributed by atoms with Crippen LogP contribution in [0.5, 0.6) is 0 Å². The van der Waals surface area contributed by atoms with Gasteiger partial charge in [0, 0.05) is 62.9 Å². The molecule has 0 unspecified atom stereocenters. The summed E-state index contributed by atoms with van der Waals surface area (Å²) in [5.74, 6) is 0.162. The number of thiophene rings is 1. The van der Waals surface area contributed by atoms with Crippen LogP contribution in [-0.2, 0) is 24.2 Å². The molecule has 2 aromatic heterocycles. The highest BCUT2D eigenvalue weighted by Crippen LogP contribution is 2.32. The van der Waals surface area contributed by atoms with Gasteiger partial charge in [-0.1, -0.05) is 25.7 Å². The van der Waals surface area contributed by atoms with E-state index in [9.17, 15) is 4.79 Å². The van der Waals surface area contributed by atoms with Crippen molar-refractivity contribution in [3.8, 4) is 0 Å². The number of carbonyl (C=O) groups is 1. The molecule has 5 heterocycles. The maximum absolute atomic E-state index is 13.5. The number of nitrogens with zero attached hydrogens (tertiary/aromatic N) is 4. The molecule has 1 amide bonds. The molecule has 1 aromatic carbocycles. The van der Waals surface area contributed by atoms with E-state index in [2.05, 4.69) is 77.5 Å². The van der Waals surface area contributed by atoms with Crippen LogP contribution in [0.25, 0.3) is 10.2 Å². The number of hydrogen-bond acceptors (Lipinski definition) is 5. The van der Waals surface area contributed by atoms with Crippen molar-refractivity contribution in [1.82, 2.24) is 14.4 Å². The molecule has 8 heteroatoms. The molecule has 3 aromatic rings. The van der Waals surface area contributed by atoms with Gasteiger partial charge in [0.2, 0.25) is 0 Å². The third kappa shape index (κ3) is 5.85. The molecule has 0 radical (unpaired) electrons. The highest BCUT2D eigenvalue weighted by Gasteiger charge is 2.33. The maximum Gasteiger partial charge on any atom is 0.264 e. The molecule has 0 bridgehead atoms. The monoisotopic (exact) mass is 564 g/mol. The third-order valence-electron chi connectivity index (χ3n) is 8.77. The predicted octanol–water partition coefficient (Wildman–Crippen LogP) is 5.86. The van der Waals surface area contributed by atoms with Crippen LogP contribution in [0.2, 0.25) is 19.6 Å². The SMILES string of the molecule is C[C@H]1CCCN1[C@H]1CCN(c2ccc3c(c2)CCN(C(=O)c2cc4c(ccn4CCOC[Si](C)(C)C)s2)C3)C1. The standard InChI is InChI=1S/C31H44N4O2SSi/c1-23-6-5-12-35(23)27-10-14-33(21-27)26-8-7-25-20-34(13-9-24(25)18-26)31(36)30-19-28-29(38-30)11-15-32(28)16-17-37-22-39(2,3)4/h7-8,11,15,18-19,23,27H,5-6,9-10,12-14,16-17,20-22H2,1-4H3/t23-,27-/m0/s1. The summed E-state index contributed by atoms with van der Waals surface area (Å²) in [4.78, 5) is 21.7. The Morgan fingerprint density at radius 1 is 1.08 bits per heavy atom. The molecule has 3 aliphatic rings. The van der Waals surface area contributed by atoms with E-state index in [-0.39, 0.29) is 5.91 Å². The van der Waals surface area contributed by atoms with E-state index in [0.717, 1.165) is 55.3 Å². The first-order valence-corrected chi connectivity index (χ1v) is 19.4. The van der Waals surface area contributed by atoms with E-state index in [1.54, 1.807) is 11.3 Å². The van der Waals surface area contributed by atoms with Crippen molar-refractivity contribution in [1.29, 1.82) is 0 Å². The van der Waals surface area contributed by atoms with Gasteiger partial charge >= 0.3 is 0 Å². The number of hydrogen-bond donors (Lipinski definition) is 0. The lowest BCUT2D eigenvalue weighted by molar-refractivity contribution is 0.0739. The smallest absolute Gasteiger partial charge is 0.264 e. The van der Waals surface area contributed by atoms with E-state index < -0.39 is 8.07 Å². The Labute approximate surface area is 238 Å². The average molecular weight is 565 g/mol. The molecule has 2 atom stereocenters. The first-order valence-electron chi connectivity index (χ1n) is 14.8. The number of carbonyl (C=O) groups excluding carboxylic acids is 1. The van der Waals surface area contributed by atoms with Gasteiger partial charge < -0.3 is 19.1 Å². The van der Waals surface area contributed by atoms with Gasteiger partial charge in [-0.05, 0) is 74.5 Å². The second-order valence-corrected chi connectivity index (χ2v) is 19.5. The minimum atomic E-state index is -1.19. The van der Waals surface area contributed by atoms with Crippen molar-refractivity contribution in [2.75, 3.05) is 43.9 Å². The fraction of sp³-hybridized carbons (Fsp3) is 0.581. The Balaban J connectivity index is 1.07. The molecule has 2 saturated heterocycles. The van der Waals surface area contributed by atoms with Crippen LogP contribution < -0.4 is 4.90 Å². The molecular weight excluding hydrogens is 521 g/mol. The number of amides is 1. The van der Waals surface area contributed by atoms with Gasteiger partial charge in [-0.2, -0.15) is 0 Å². The highest BCUT2D eigenvalue weighted by atomic mass is 32.1. The number of ether oxygens (including phenoxy) is 1. The Hall–Kier alpha value is -2.13. The largest absolute Gasteiger partial charge is 0.383 e. The van der Waals surface area contributed by atoms with E-state index in [1.807, 2.05) is 4.90 Å². The van der Waals surface area contributed by atoms with Gasteiger partial charge in [0.25, 0.3) is 5.91 Å². The van der Waals surface area contributed by atoms with Gasteiger partial charge in [0.1, 0.15) is 0 Å². The van der Waals surface area contributed by atoms with Crippen LogP contribution in [0.15, 0.2) is 36.5 Å². The zero-order valence-corrected chi connectivity index (χ0v) is 25.9. The Bertz CT molecular complexity index is 1330. The van der Waals surface area contributed by atoms with Gasteiger partial charge in [0.05, 0.1) is 29.8 Å². The van der Waals surface area contributed by atoms with Crippen molar-refractivity contribution in [2.24, 2.45) is 0 Å². The fourth-order valence-corrected chi connectivity index (χ4v) is 8.42. The summed E-state index contributed by atoms with van der Waals surface area (Å²) < 4.78 is 9.35. The number of likely N-dealkylation sites (tertiary alicyclic amines) is 1. The number of rotatable bonds is 8. The Kier molecular flexibility index (Phi) is 7.65. The second kappa shape index (κ2) is 11.0. The molecule has 6 nitrogen and oxygen atoms in total. The maximum atomic E-state index is 13.5. The Morgan fingerprint density at radius 2 is 1.95 bits per heavy atom. The summed E-state index contributed by atoms with van der Waals surface area (Å²) in [7, 11) is -1.19. The molecule has 0 saturated carbocycles. The number of aromatic nitrogens is 1. The quantitative estimate of drug-likeness (QED) is 0.254. The summed E-state index contributed by atoms with van der Waals surface area (Å²) >= 11 is 1.62. The lowest BCUT2D eigenvalue weighted by Crippen LogP contribution is -2.39. The summed E-state index contributed by atoms with van der Waals surface area (Å²) in [6.45, 7) is 16.0. The van der Waals surface area contributed by atoms with E-state index in [1.165, 1.54) is 47.3 Å². The average Bonchev–Trinajstić information content (AvgIpc) is 3.70. The molecule has 2 fully saturated rings. The van der Waals surface area contributed by atoms with Crippen LogP contribution in [0, 0.1) is 0 Å². The lowest BCUT2D eigenvalue weighted by Gasteiger charge is -2.31. The minimum Gasteiger partial charge on any atom is -0.383 e. The second-order valence-electron chi connectivity index (χ2n) is 13.0. The van der Waals surface area contributed by atoms with Crippen molar-refractivity contribution in [3.05, 3.63) is 52.5 Å². The normalized spacial score (nSPS) is 22.3. The molecule has 39 heavy (non-hydrogen) atoms. The van der Waals surface area contributed by atoms with Gasteiger partial charge in [0.15, 0.2) is 0 Å². The first kappa shape index (κ1) is 27.1. The van der Waals surface area contributed by atoms with Crippen LogP contribution in [0.1, 0.15) is 47.0 Å². The van der Waals surface area contributed by atoms with E-state index in [0.29, 0.717) is 19.2 Å². The number of benzene rings is 1. The third-order valence-corrected chi connectivity index (χ3v) is 10.9. The molecule has 210 valence electrons. The van der Waals surface area contributed by atoms with Crippen LogP contribution in [-0.4, -0.2) is 79.4 Å². The minimum absolute atomic E-state index is 0.162. The van der Waals surface area contributed by atoms with Crippen LogP contribution >= 0.6 is 11.3 Å². The zero-order valence-electron chi connectivity index (χ0n) is 24.1. The number of fused-ring (bicyclic) bond motifs is 2. The van der Waals surface area contributed by atoms with Gasteiger partial charge in [-0.15, -0.1) is 11.3 Å². The molecule has 6 rings (SSSR count). The fourth-order valence-electron chi connectivity index (χ4n) is 6.63. The van der Waals surface area contributed by atoms with E-state index >= 15 is 0 Å². The summed E-state index contributed by atoms with van der Waals surface area (Å²) in [5.41, 5.74) is 5.22. The van der Waals surface area contributed by atoms with Gasteiger partial charge in [-0.3, -0.25) is 9.69 Å². The first-order chi connectivity index (χ1) is 18.7. The molecule has 0 aliphatic carbocycles. The number of anilines is 1. The van der Waals surface area contributed by atoms with Crippen LogP contribution in [0.3, 0.4) is 0 Å². The summed E-state index contributed by atoms with van der Waals surface area (Å²) in [5, 5.41) is 0. The van der Waals surface area contributed by atoms with Crippen molar-refractivity contribution in [2.45, 2.75) is 77.4 Å². The van der Waals surface area contributed by atoms with Crippen molar-refractivity contribution < 1.29 is 9.53 Å². The van der Waals surface area contributed by atoms with Crippen molar-refractivity contribution in [3.63, 3.8) is 0 Å². The molecule has 3 aliphatic heterocycles. The molecule has 0 N–H and O–H groups in total. The summed E-state index contributed by atoms with van der Waals surface area (Å²) in [6.07, 6.45) is 7.91. The zero-order chi connectivity index (χ0) is 27.1.